The van der Waals surface area contributed by atoms with Gasteiger partial charge in [0.05, 0.1) is 11.1 Å². The molecule has 1 amide bonds. The Morgan fingerprint density at radius 2 is 1.38 bits per heavy atom. The van der Waals surface area contributed by atoms with Gasteiger partial charge in [0.2, 0.25) is 5.91 Å². The maximum atomic E-state index is 13.1. The first kappa shape index (κ1) is 26.4. The average Bonchev–Trinajstić information content (AvgIpc) is 3.58. The van der Waals surface area contributed by atoms with Crippen LogP contribution in [0.3, 0.4) is 0 Å². The predicted molar refractivity (Wildman–Crippen MR) is 118 cm³/mol. The SMILES string of the molecule is C=C(NC[C@H]1CC[C@H](NCCNC(=O)CC2CC2)CC1)c1cc(C(F)(F)F)cc(C(F)(F)F)c1. The van der Waals surface area contributed by atoms with Crippen LogP contribution in [0.1, 0.15) is 61.6 Å². The zero-order valence-corrected chi connectivity index (χ0v) is 18.9. The molecule has 0 atom stereocenters. The highest BCUT2D eigenvalue weighted by molar-refractivity contribution is 5.76. The Bertz CT molecular complexity index is 823. The fourth-order valence-electron chi connectivity index (χ4n) is 4.20. The number of amides is 1. The molecule has 2 saturated carbocycles. The molecule has 3 rings (SSSR count). The first-order valence-corrected chi connectivity index (χ1v) is 11.6. The molecule has 0 unspecified atom stereocenters. The number of hydrogen-bond donors (Lipinski definition) is 3. The van der Waals surface area contributed by atoms with Crippen molar-refractivity contribution >= 4 is 11.6 Å². The van der Waals surface area contributed by atoms with Gasteiger partial charge in [0.25, 0.3) is 0 Å². The van der Waals surface area contributed by atoms with Crippen molar-refractivity contribution in [3.63, 3.8) is 0 Å². The standard InChI is InChI=1S/C24H31F6N3O/c1-15(18-11-19(23(25,26)27)13-20(12-18)24(28,29)30)33-14-17-4-6-21(7-5-17)31-8-9-32-22(34)10-16-2-3-16/h11-13,16-17,21,31,33H,1-10,14H2,(H,32,34)/t17-,21-. The summed E-state index contributed by atoms with van der Waals surface area (Å²) in [5, 5.41) is 9.28. The molecule has 2 aliphatic rings. The van der Waals surface area contributed by atoms with Gasteiger partial charge in [0.15, 0.2) is 0 Å². The maximum Gasteiger partial charge on any atom is 0.416 e. The summed E-state index contributed by atoms with van der Waals surface area (Å²) in [6, 6.07) is 1.82. The molecule has 2 fully saturated rings. The zero-order valence-electron chi connectivity index (χ0n) is 18.9. The smallest absolute Gasteiger partial charge is 0.385 e. The Labute approximate surface area is 195 Å². The van der Waals surface area contributed by atoms with Crippen molar-refractivity contribution in [2.75, 3.05) is 19.6 Å². The van der Waals surface area contributed by atoms with E-state index >= 15 is 0 Å². The molecule has 190 valence electrons. The van der Waals surface area contributed by atoms with E-state index in [1.54, 1.807) is 0 Å². The van der Waals surface area contributed by atoms with Gasteiger partial charge in [-0.3, -0.25) is 4.79 Å². The van der Waals surface area contributed by atoms with E-state index in [0.717, 1.165) is 38.5 Å². The van der Waals surface area contributed by atoms with Crippen molar-refractivity contribution in [1.82, 2.24) is 16.0 Å². The lowest BCUT2D eigenvalue weighted by atomic mass is 9.86. The lowest BCUT2D eigenvalue weighted by Crippen LogP contribution is -2.39. The van der Waals surface area contributed by atoms with Gasteiger partial charge < -0.3 is 16.0 Å². The topological polar surface area (TPSA) is 53.2 Å². The number of carbonyl (C=O) groups is 1. The highest BCUT2D eigenvalue weighted by Crippen LogP contribution is 2.37. The number of halogens is 6. The minimum Gasteiger partial charge on any atom is -0.385 e. The summed E-state index contributed by atoms with van der Waals surface area (Å²) >= 11 is 0. The van der Waals surface area contributed by atoms with Crippen LogP contribution in [-0.4, -0.2) is 31.6 Å². The summed E-state index contributed by atoms with van der Waals surface area (Å²) in [5.41, 5.74) is -2.88. The second-order valence-electron chi connectivity index (χ2n) is 9.32. The molecule has 0 saturated heterocycles. The fourth-order valence-corrected chi connectivity index (χ4v) is 4.20. The number of benzene rings is 1. The monoisotopic (exact) mass is 491 g/mol. The molecule has 0 spiro atoms. The maximum absolute atomic E-state index is 13.1. The van der Waals surface area contributed by atoms with Gasteiger partial charge in [0.1, 0.15) is 0 Å². The van der Waals surface area contributed by atoms with Gasteiger partial charge >= 0.3 is 12.4 Å². The molecule has 34 heavy (non-hydrogen) atoms. The first-order valence-electron chi connectivity index (χ1n) is 11.6. The third-order valence-electron chi connectivity index (χ3n) is 6.44. The number of rotatable bonds is 10. The summed E-state index contributed by atoms with van der Waals surface area (Å²) in [6.07, 6.45) is -3.29. The fraction of sp³-hybridized carbons (Fsp3) is 0.625. The largest absolute Gasteiger partial charge is 0.416 e. The molecule has 10 heteroatoms. The molecule has 1 aromatic rings. The molecule has 4 nitrogen and oxygen atoms in total. The van der Waals surface area contributed by atoms with E-state index in [1.807, 2.05) is 0 Å². The Kier molecular flexibility index (Phi) is 8.54. The zero-order chi connectivity index (χ0) is 24.9. The molecule has 3 N–H and O–H groups in total. The number of alkyl halides is 6. The summed E-state index contributed by atoms with van der Waals surface area (Å²) in [4.78, 5) is 11.7. The van der Waals surface area contributed by atoms with E-state index in [2.05, 4.69) is 22.5 Å². The van der Waals surface area contributed by atoms with Crippen LogP contribution in [0.2, 0.25) is 0 Å². The van der Waals surface area contributed by atoms with Crippen molar-refractivity contribution in [3.8, 4) is 0 Å². The first-order chi connectivity index (χ1) is 15.9. The minimum absolute atomic E-state index is 0.0405. The van der Waals surface area contributed by atoms with Gasteiger partial charge in [-0.05, 0) is 74.1 Å². The Morgan fingerprint density at radius 3 is 1.91 bits per heavy atom. The third kappa shape index (κ3) is 8.21. The second kappa shape index (κ2) is 11.0. The molecule has 2 aliphatic carbocycles. The molecule has 0 radical (unpaired) electrons. The van der Waals surface area contributed by atoms with Crippen molar-refractivity contribution in [2.24, 2.45) is 11.8 Å². The van der Waals surface area contributed by atoms with E-state index in [1.165, 1.54) is 0 Å². The summed E-state index contributed by atoms with van der Waals surface area (Å²) < 4.78 is 78.4. The lowest BCUT2D eigenvalue weighted by Gasteiger charge is -2.30. The summed E-state index contributed by atoms with van der Waals surface area (Å²) in [5.74, 6) is 0.913. The molecule has 0 bridgehead atoms. The average molecular weight is 492 g/mol. The van der Waals surface area contributed by atoms with E-state index in [4.69, 9.17) is 0 Å². The number of nitrogens with one attached hydrogen (secondary N) is 3. The van der Waals surface area contributed by atoms with E-state index in [9.17, 15) is 31.1 Å². The Balaban J connectivity index is 1.41. The van der Waals surface area contributed by atoms with E-state index < -0.39 is 23.5 Å². The van der Waals surface area contributed by atoms with Crippen LogP contribution in [0.5, 0.6) is 0 Å². The third-order valence-corrected chi connectivity index (χ3v) is 6.44. The van der Waals surface area contributed by atoms with E-state index in [-0.39, 0.29) is 29.2 Å². The van der Waals surface area contributed by atoms with Crippen LogP contribution in [0.25, 0.3) is 5.70 Å². The van der Waals surface area contributed by atoms with Crippen molar-refractivity contribution < 1.29 is 31.1 Å². The van der Waals surface area contributed by atoms with Crippen LogP contribution in [0.4, 0.5) is 26.3 Å². The van der Waals surface area contributed by atoms with Crippen LogP contribution >= 0.6 is 0 Å². The van der Waals surface area contributed by atoms with E-state index in [0.29, 0.717) is 50.1 Å². The molecule has 0 aliphatic heterocycles. The van der Waals surface area contributed by atoms with Gasteiger partial charge in [-0.25, -0.2) is 0 Å². The van der Waals surface area contributed by atoms with Gasteiger partial charge in [-0.2, -0.15) is 26.3 Å². The normalized spacial score (nSPS) is 21.2. The predicted octanol–water partition coefficient (Wildman–Crippen LogP) is 5.35. The van der Waals surface area contributed by atoms with Crippen LogP contribution in [0.15, 0.2) is 24.8 Å². The highest BCUT2D eigenvalue weighted by atomic mass is 19.4. The molecular weight excluding hydrogens is 460 g/mol. The number of hydrogen-bond acceptors (Lipinski definition) is 3. The van der Waals surface area contributed by atoms with Gasteiger partial charge in [0, 0.05) is 37.8 Å². The van der Waals surface area contributed by atoms with Crippen LogP contribution in [0, 0.1) is 11.8 Å². The van der Waals surface area contributed by atoms with Crippen molar-refractivity contribution in [1.29, 1.82) is 0 Å². The lowest BCUT2D eigenvalue weighted by molar-refractivity contribution is -0.143. The van der Waals surface area contributed by atoms with Gasteiger partial charge in [-0.1, -0.05) is 6.58 Å². The minimum atomic E-state index is -4.89. The molecular formula is C24H31F6N3O. The van der Waals surface area contributed by atoms with Gasteiger partial charge in [-0.15, -0.1) is 0 Å². The molecule has 0 aromatic heterocycles. The quantitative estimate of drug-likeness (QED) is 0.306. The number of carbonyl (C=O) groups excluding carboxylic acids is 1. The van der Waals surface area contributed by atoms with Crippen molar-refractivity contribution in [2.45, 2.75) is 63.3 Å². The van der Waals surface area contributed by atoms with Crippen LogP contribution in [-0.2, 0) is 17.1 Å². The molecule has 0 heterocycles. The summed E-state index contributed by atoms with van der Waals surface area (Å²) in [7, 11) is 0. The second-order valence-corrected chi connectivity index (χ2v) is 9.32. The molecule has 1 aromatic carbocycles. The Hall–Kier alpha value is -2.23. The highest BCUT2D eigenvalue weighted by Gasteiger charge is 2.37. The van der Waals surface area contributed by atoms with Crippen LogP contribution < -0.4 is 16.0 Å². The van der Waals surface area contributed by atoms with Crippen molar-refractivity contribution in [3.05, 3.63) is 41.5 Å². The Morgan fingerprint density at radius 1 is 0.824 bits per heavy atom. The summed E-state index contributed by atoms with van der Waals surface area (Å²) in [6.45, 7) is 5.37.